The molecule has 1 aliphatic heterocycles. The molecule has 0 saturated carbocycles. The van der Waals surface area contributed by atoms with Crippen LogP contribution in [0, 0.1) is 0 Å². The molecule has 4 rings (SSSR count). The van der Waals surface area contributed by atoms with Crippen molar-refractivity contribution in [1.82, 2.24) is 0 Å². The number of carbonyl (C=O) groups is 4. The number of imide groups is 1. The first kappa shape index (κ1) is 29.3. The Morgan fingerprint density at radius 2 is 1.63 bits per heavy atom. The van der Waals surface area contributed by atoms with Crippen molar-refractivity contribution in [3.8, 4) is 0 Å². The second-order valence-electron chi connectivity index (χ2n) is 8.88. The van der Waals surface area contributed by atoms with Gasteiger partial charge < -0.3 is 15.4 Å². The van der Waals surface area contributed by atoms with E-state index in [-0.39, 0.29) is 34.8 Å². The fourth-order valence-electron chi connectivity index (χ4n) is 3.93. The zero-order valence-electron chi connectivity index (χ0n) is 21.5. The van der Waals surface area contributed by atoms with E-state index in [0.29, 0.717) is 6.42 Å². The van der Waals surface area contributed by atoms with Crippen molar-refractivity contribution in [1.29, 1.82) is 0 Å². The van der Waals surface area contributed by atoms with E-state index in [1.165, 1.54) is 60.7 Å². The van der Waals surface area contributed by atoms with Gasteiger partial charge in [-0.05, 0) is 55.0 Å². The predicted molar refractivity (Wildman–Crippen MR) is 146 cm³/mol. The molecule has 41 heavy (non-hydrogen) atoms. The summed E-state index contributed by atoms with van der Waals surface area (Å²) in [6, 6.07) is 15.9. The first-order valence-corrected chi connectivity index (χ1v) is 12.8. The molecule has 0 fully saturated rings. The number of ether oxygens (including phenoxy) is 1. The minimum atomic E-state index is -4.67. The van der Waals surface area contributed by atoms with Crippen LogP contribution in [-0.4, -0.2) is 30.3 Å². The summed E-state index contributed by atoms with van der Waals surface area (Å²) in [6.07, 6.45) is -3.15. The number of hydrogen-bond acceptors (Lipinski definition) is 6. The maximum atomic E-state index is 13.3. The molecule has 8 nitrogen and oxygen atoms in total. The number of halogens is 4. The van der Waals surface area contributed by atoms with Gasteiger partial charge in [0.2, 0.25) is 0 Å². The van der Waals surface area contributed by atoms with Crippen molar-refractivity contribution in [3.05, 3.63) is 100 Å². The fraction of sp³-hybridized carbons (Fsp3) is 0.172. The van der Waals surface area contributed by atoms with E-state index in [9.17, 15) is 32.3 Å². The Bertz CT molecular complexity index is 1550. The van der Waals surface area contributed by atoms with Crippen molar-refractivity contribution < 1.29 is 37.1 Å². The molecule has 0 unspecified atom stereocenters. The molecule has 212 valence electrons. The van der Waals surface area contributed by atoms with Crippen LogP contribution in [0.3, 0.4) is 0 Å². The van der Waals surface area contributed by atoms with E-state index in [1.807, 2.05) is 6.92 Å². The first-order valence-electron chi connectivity index (χ1n) is 12.4. The maximum Gasteiger partial charge on any atom is 0.418 e. The third-order valence-electron chi connectivity index (χ3n) is 5.97. The highest BCUT2D eigenvalue weighted by Gasteiger charge is 2.39. The highest BCUT2D eigenvalue weighted by molar-refractivity contribution is 6.53. The second-order valence-corrected chi connectivity index (χ2v) is 9.26. The number of nitrogens with one attached hydrogen (secondary N) is 2. The Hall–Kier alpha value is -4.64. The number of rotatable bonds is 9. The number of amides is 3. The van der Waals surface area contributed by atoms with Crippen LogP contribution in [-0.2, 0) is 20.5 Å². The minimum absolute atomic E-state index is 0.0217. The van der Waals surface area contributed by atoms with Crippen LogP contribution in [0.2, 0.25) is 0 Å². The average molecular weight is 586 g/mol. The molecular weight excluding hydrogens is 563 g/mol. The number of benzene rings is 3. The van der Waals surface area contributed by atoms with Gasteiger partial charge in [-0.1, -0.05) is 49.2 Å². The van der Waals surface area contributed by atoms with Crippen molar-refractivity contribution >= 4 is 52.4 Å². The fourth-order valence-corrected chi connectivity index (χ4v) is 4.14. The van der Waals surface area contributed by atoms with E-state index < -0.39 is 46.2 Å². The molecular formula is C29H23ClF3N3O5. The molecule has 1 heterocycles. The van der Waals surface area contributed by atoms with Crippen molar-refractivity contribution in [2.24, 2.45) is 0 Å². The molecule has 3 aromatic carbocycles. The highest BCUT2D eigenvalue weighted by Crippen LogP contribution is 2.35. The Morgan fingerprint density at radius 1 is 0.927 bits per heavy atom. The van der Waals surface area contributed by atoms with Crippen LogP contribution in [0.5, 0.6) is 0 Å². The van der Waals surface area contributed by atoms with Gasteiger partial charge in [-0.15, -0.1) is 0 Å². The van der Waals surface area contributed by atoms with Crippen LogP contribution in [0.1, 0.15) is 46.0 Å². The zero-order chi connectivity index (χ0) is 29.7. The van der Waals surface area contributed by atoms with E-state index in [4.69, 9.17) is 16.3 Å². The summed E-state index contributed by atoms with van der Waals surface area (Å²) in [5.41, 5.74) is -1.32. The third-order valence-corrected chi connectivity index (χ3v) is 6.32. The number of unbranched alkanes of at least 4 members (excludes halogenated alkanes) is 1. The van der Waals surface area contributed by atoms with Crippen LogP contribution < -0.4 is 15.5 Å². The lowest BCUT2D eigenvalue weighted by Gasteiger charge is -2.16. The SMILES string of the molecule is CCCCOC(=O)c1cccc(N2C(=O)C(Cl)=C(Nc3cccc(C(=O)Nc4ccccc4C(F)(F)F)c3)C2=O)c1. The summed E-state index contributed by atoms with van der Waals surface area (Å²) in [6.45, 7) is 2.18. The number of anilines is 3. The average Bonchev–Trinajstić information content (AvgIpc) is 3.15. The largest absolute Gasteiger partial charge is 0.462 e. The van der Waals surface area contributed by atoms with Crippen LogP contribution >= 0.6 is 11.6 Å². The second kappa shape index (κ2) is 12.3. The number of carbonyl (C=O) groups excluding carboxylic acids is 4. The summed E-state index contributed by atoms with van der Waals surface area (Å²) in [7, 11) is 0. The van der Waals surface area contributed by atoms with Gasteiger partial charge in [0.1, 0.15) is 10.7 Å². The molecule has 3 aromatic rings. The van der Waals surface area contributed by atoms with Gasteiger partial charge in [-0.25, -0.2) is 9.69 Å². The zero-order valence-corrected chi connectivity index (χ0v) is 22.3. The van der Waals surface area contributed by atoms with Crippen LogP contribution in [0.4, 0.5) is 30.2 Å². The molecule has 12 heteroatoms. The summed E-state index contributed by atoms with van der Waals surface area (Å²) in [5, 5.41) is 4.54. The number of nitrogens with zero attached hydrogens (tertiary/aromatic N) is 1. The van der Waals surface area contributed by atoms with Gasteiger partial charge in [0.05, 0.1) is 29.1 Å². The monoisotopic (exact) mass is 585 g/mol. The highest BCUT2D eigenvalue weighted by atomic mass is 35.5. The number of hydrogen-bond donors (Lipinski definition) is 2. The summed E-state index contributed by atoms with van der Waals surface area (Å²) in [4.78, 5) is 52.0. The van der Waals surface area contributed by atoms with E-state index in [0.717, 1.165) is 23.5 Å². The first-order chi connectivity index (χ1) is 19.5. The van der Waals surface area contributed by atoms with Gasteiger partial charge >= 0.3 is 12.1 Å². The van der Waals surface area contributed by atoms with E-state index in [1.54, 1.807) is 0 Å². The van der Waals surface area contributed by atoms with Crippen LogP contribution in [0.15, 0.2) is 83.5 Å². The summed E-state index contributed by atoms with van der Waals surface area (Å²) < 4.78 is 45.1. The molecule has 0 spiro atoms. The summed E-state index contributed by atoms with van der Waals surface area (Å²) in [5.74, 6) is -3.09. The smallest absolute Gasteiger partial charge is 0.418 e. The van der Waals surface area contributed by atoms with Gasteiger partial charge in [-0.3, -0.25) is 14.4 Å². The lowest BCUT2D eigenvalue weighted by atomic mass is 10.1. The molecule has 3 amide bonds. The normalized spacial score (nSPS) is 13.4. The van der Waals surface area contributed by atoms with Crippen molar-refractivity contribution in [2.45, 2.75) is 25.9 Å². The Morgan fingerprint density at radius 3 is 2.37 bits per heavy atom. The third kappa shape index (κ3) is 6.58. The molecule has 0 aromatic heterocycles. The molecule has 0 bridgehead atoms. The van der Waals surface area contributed by atoms with Gasteiger partial charge in [-0.2, -0.15) is 13.2 Å². The Balaban J connectivity index is 1.51. The predicted octanol–water partition coefficient (Wildman–Crippen LogP) is 6.35. The van der Waals surface area contributed by atoms with Gasteiger partial charge in [0, 0.05) is 11.3 Å². The maximum absolute atomic E-state index is 13.3. The Labute approximate surface area is 237 Å². The molecule has 0 aliphatic carbocycles. The van der Waals surface area contributed by atoms with Crippen molar-refractivity contribution in [2.75, 3.05) is 22.1 Å². The molecule has 2 N–H and O–H groups in total. The standard InChI is InChI=1S/C29H23ClF3N3O5/c1-2-3-14-41-28(40)18-9-7-11-20(16-18)36-26(38)23(30)24(27(36)39)34-19-10-6-8-17(15-19)25(37)35-22-13-5-4-12-21(22)29(31,32)33/h4-13,15-16,34H,2-3,14H2,1H3,(H,35,37). The topological polar surface area (TPSA) is 105 Å². The minimum Gasteiger partial charge on any atom is -0.462 e. The molecule has 1 aliphatic rings. The van der Waals surface area contributed by atoms with E-state index in [2.05, 4.69) is 10.6 Å². The van der Waals surface area contributed by atoms with Gasteiger partial charge in [0.15, 0.2) is 0 Å². The van der Waals surface area contributed by atoms with Gasteiger partial charge in [0.25, 0.3) is 17.7 Å². The van der Waals surface area contributed by atoms with Crippen LogP contribution in [0.25, 0.3) is 0 Å². The molecule has 0 radical (unpaired) electrons. The lowest BCUT2D eigenvalue weighted by Crippen LogP contribution is -2.32. The number of esters is 1. The lowest BCUT2D eigenvalue weighted by molar-refractivity contribution is -0.137. The quantitative estimate of drug-likeness (QED) is 0.172. The number of alkyl halides is 3. The summed E-state index contributed by atoms with van der Waals surface area (Å²) >= 11 is 6.20. The van der Waals surface area contributed by atoms with E-state index >= 15 is 0 Å². The van der Waals surface area contributed by atoms with Crippen molar-refractivity contribution in [3.63, 3.8) is 0 Å². The number of para-hydroxylation sites is 1. The Kier molecular flexibility index (Phi) is 8.77. The molecule has 0 saturated heterocycles. The molecule has 0 atom stereocenters.